The lowest BCUT2D eigenvalue weighted by molar-refractivity contribution is -0.137. The summed E-state index contributed by atoms with van der Waals surface area (Å²) < 4.78 is 1.34. The van der Waals surface area contributed by atoms with Crippen molar-refractivity contribution in [2.45, 2.75) is 12.8 Å². The quantitative estimate of drug-likeness (QED) is 0.769. The highest BCUT2D eigenvalue weighted by Gasteiger charge is 2.06. The Morgan fingerprint density at radius 1 is 1.53 bits per heavy atom. The van der Waals surface area contributed by atoms with Gasteiger partial charge in [0.2, 0.25) is 0 Å². The molecule has 0 saturated heterocycles. The summed E-state index contributed by atoms with van der Waals surface area (Å²) in [5.41, 5.74) is 0.577. The van der Waals surface area contributed by atoms with E-state index >= 15 is 0 Å². The van der Waals surface area contributed by atoms with E-state index in [1.807, 2.05) is 11.9 Å². The van der Waals surface area contributed by atoms with Crippen LogP contribution in [0.3, 0.4) is 0 Å². The van der Waals surface area contributed by atoms with Gasteiger partial charge in [0.15, 0.2) is 11.5 Å². The molecule has 8 heteroatoms. The van der Waals surface area contributed by atoms with Crippen LogP contribution in [0.15, 0.2) is 12.1 Å². The lowest BCUT2D eigenvalue weighted by atomic mass is 10.3. The number of carboxylic acids is 1. The summed E-state index contributed by atoms with van der Waals surface area (Å²) in [4.78, 5) is 12.3. The molecule has 17 heavy (non-hydrogen) atoms. The van der Waals surface area contributed by atoms with Crippen LogP contribution in [0, 0.1) is 0 Å². The zero-order valence-corrected chi connectivity index (χ0v) is 9.31. The molecule has 0 unspecified atom stereocenters. The van der Waals surface area contributed by atoms with Gasteiger partial charge in [-0.25, -0.2) is 0 Å². The molecule has 2 heterocycles. The molecule has 0 aliphatic heterocycles. The molecule has 0 aromatic carbocycles. The van der Waals surface area contributed by atoms with Crippen LogP contribution < -0.4 is 4.90 Å². The smallest absolute Gasteiger partial charge is 0.303 e. The first-order chi connectivity index (χ1) is 8.16. The molecule has 0 spiro atoms. The summed E-state index contributed by atoms with van der Waals surface area (Å²) in [5.74, 6) is -0.0857. The van der Waals surface area contributed by atoms with Gasteiger partial charge in [0, 0.05) is 20.0 Å². The van der Waals surface area contributed by atoms with Crippen molar-refractivity contribution < 1.29 is 9.90 Å². The van der Waals surface area contributed by atoms with E-state index < -0.39 is 5.97 Å². The van der Waals surface area contributed by atoms with Crippen molar-refractivity contribution in [3.05, 3.63) is 12.1 Å². The van der Waals surface area contributed by atoms with E-state index in [0.29, 0.717) is 24.4 Å². The average Bonchev–Trinajstić information content (AvgIpc) is 2.75. The maximum atomic E-state index is 10.4. The molecule has 0 radical (unpaired) electrons. The standard InChI is InChI=1S/C9H12N6O2/c1-14(6-2-3-9(16)17)8-5-4-7-10-12-13-15(7)11-8/h4-5H,2-3,6H2,1H3,(H,16,17). The third-order valence-electron chi connectivity index (χ3n) is 2.33. The fourth-order valence-electron chi connectivity index (χ4n) is 1.43. The molecule has 1 N–H and O–H groups in total. The molecule has 0 saturated carbocycles. The number of aromatic nitrogens is 5. The van der Waals surface area contributed by atoms with Crippen LogP contribution in [-0.4, -0.2) is 49.9 Å². The lowest BCUT2D eigenvalue weighted by Crippen LogP contribution is -2.21. The van der Waals surface area contributed by atoms with Gasteiger partial charge >= 0.3 is 5.97 Å². The Hall–Kier alpha value is -2.25. The second-order valence-corrected chi connectivity index (χ2v) is 3.64. The molecule has 0 fully saturated rings. The van der Waals surface area contributed by atoms with Gasteiger partial charge in [-0.2, -0.15) is 0 Å². The number of tetrazole rings is 1. The Morgan fingerprint density at radius 2 is 2.35 bits per heavy atom. The van der Waals surface area contributed by atoms with Crippen molar-refractivity contribution >= 4 is 17.4 Å². The Morgan fingerprint density at radius 3 is 3.12 bits per heavy atom. The third-order valence-corrected chi connectivity index (χ3v) is 2.33. The van der Waals surface area contributed by atoms with Crippen molar-refractivity contribution in [2.24, 2.45) is 0 Å². The molecule has 0 amide bonds. The monoisotopic (exact) mass is 236 g/mol. The predicted octanol–water partition coefficient (Wildman–Crippen LogP) is -0.180. The molecule has 0 atom stereocenters. The molecular formula is C9H12N6O2. The molecule has 2 rings (SSSR count). The predicted molar refractivity (Wildman–Crippen MR) is 58.7 cm³/mol. The summed E-state index contributed by atoms with van der Waals surface area (Å²) in [6.45, 7) is 0.618. The van der Waals surface area contributed by atoms with Gasteiger partial charge in [0.1, 0.15) is 0 Å². The van der Waals surface area contributed by atoms with Gasteiger partial charge in [0.05, 0.1) is 0 Å². The molecule has 8 nitrogen and oxygen atoms in total. The van der Waals surface area contributed by atoms with Crippen LogP contribution in [0.4, 0.5) is 5.82 Å². The summed E-state index contributed by atoms with van der Waals surface area (Å²) in [6, 6.07) is 3.56. The van der Waals surface area contributed by atoms with Crippen LogP contribution >= 0.6 is 0 Å². The number of carbonyl (C=O) groups is 1. The second kappa shape index (κ2) is 4.73. The minimum absolute atomic E-state index is 0.150. The van der Waals surface area contributed by atoms with Crippen LogP contribution in [0.25, 0.3) is 5.65 Å². The zero-order chi connectivity index (χ0) is 12.3. The van der Waals surface area contributed by atoms with Gasteiger partial charge in [-0.1, -0.05) is 0 Å². The number of aliphatic carboxylic acids is 1. The minimum atomic E-state index is -0.790. The molecular weight excluding hydrogens is 224 g/mol. The maximum Gasteiger partial charge on any atom is 0.303 e. The van der Waals surface area contributed by atoms with E-state index in [4.69, 9.17) is 5.11 Å². The van der Waals surface area contributed by atoms with E-state index in [1.165, 1.54) is 4.63 Å². The van der Waals surface area contributed by atoms with Crippen LogP contribution in [0.2, 0.25) is 0 Å². The largest absolute Gasteiger partial charge is 0.481 e. The molecule has 0 bridgehead atoms. The van der Waals surface area contributed by atoms with Crippen molar-refractivity contribution in [1.29, 1.82) is 0 Å². The molecule has 90 valence electrons. The first-order valence-electron chi connectivity index (χ1n) is 5.15. The Kier molecular flexibility index (Phi) is 3.12. The van der Waals surface area contributed by atoms with Crippen LogP contribution in [0.1, 0.15) is 12.8 Å². The van der Waals surface area contributed by atoms with E-state index in [1.54, 1.807) is 12.1 Å². The number of anilines is 1. The zero-order valence-electron chi connectivity index (χ0n) is 9.31. The molecule has 2 aromatic rings. The highest BCUT2D eigenvalue weighted by Crippen LogP contribution is 2.09. The Bertz CT molecular complexity index is 525. The Balaban J connectivity index is 2.02. The van der Waals surface area contributed by atoms with Crippen molar-refractivity contribution in [1.82, 2.24) is 25.3 Å². The summed E-state index contributed by atoms with van der Waals surface area (Å²) in [7, 11) is 1.85. The minimum Gasteiger partial charge on any atom is -0.481 e. The SMILES string of the molecule is CN(CCCC(=O)O)c1ccc2nnnn2n1. The molecule has 0 aliphatic rings. The van der Waals surface area contributed by atoms with E-state index in [-0.39, 0.29) is 6.42 Å². The number of hydrogen-bond donors (Lipinski definition) is 1. The summed E-state index contributed by atoms with van der Waals surface area (Å²) >= 11 is 0. The topological polar surface area (TPSA) is 96.5 Å². The van der Waals surface area contributed by atoms with Gasteiger partial charge in [0.25, 0.3) is 0 Å². The fraction of sp³-hybridized carbons (Fsp3) is 0.444. The Labute approximate surface area is 96.8 Å². The average molecular weight is 236 g/mol. The number of carboxylic acid groups (broad SMARTS) is 1. The maximum absolute atomic E-state index is 10.4. The highest BCUT2D eigenvalue weighted by atomic mass is 16.4. The second-order valence-electron chi connectivity index (χ2n) is 3.64. The normalized spacial score (nSPS) is 10.6. The van der Waals surface area contributed by atoms with Crippen molar-refractivity contribution in [3.8, 4) is 0 Å². The number of rotatable bonds is 5. The van der Waals surface area contributed by atoms with Gasteiger partial charge in [-0.3, -0.25) is 4.79 Å². The van der Waals surface area contributed by atoms with Gasteiger partial charge in [-0.05, 0) is 29.0 Å². The third kappa shape index (κ3) is 2.65. The molecule has 0 aliphatic carbocycles. The van der Waals surface area contributed by atoms with Gasteiger partial charge < -0.3 is 10.0 Å². The summed E-state index contributed by atoms with van der Waals surface area (Å²) in [5, 5.41) is 23.7. The highest BCUT2D eigenvalue weighted by molar-refractivity contribution is 5.66. The van der Waals surface area contributed by atoms with E-state index in [0.717, 1.165) is 0 Å². The van der Waals surface area contributed by atoms with E-state index in [2.05, 4.69) is 20.6 Å². The van der Waals surface area contributed by atoms with Crippen molar-refractivity contribution in [2.75, 3.05) is 18.5 Å². The lowest BCUT2D eigenvalue weighted by Gasteiger charge is -2.16. The van der Waals surface area contributed by atoms with Crippen molar-refractivity contribution in [3.63, 3.8) is 0 Å². The van der Waals surface area contributed by atoms with Crippen LogP contribution in [0.5, 0.6) is 0 Å². The van der Waals surface area contributed by atoms with E-state index in [9.17, 15) is 4.79 Å². The number of fused-ring (bicyclic) bond motifs is 1. The van der Waals surface area contributed by atoms with Crippen LogP contribution in [-0.2, 0) is 4.79 Å². The van der Waals surface area contributed by atoms with Gasteiger partial charge in [-0.15, -0.1) is 14.8 Å². The number of hydrogen-bond acceptors (Lipinski definition) is 6. The fourth-order valence-corrected chi connectivity index (χ4v) is 1.43. The first kappa shape index (κ1) is 11.2. The number of nitrogens with zero attached hydrogens (tertiary/aromatic N) is 6. The molecule has 2 aromatic heterocycles. The summed E-state index contributed by atoms with van der Waals surface area (Å²) in [6.07, 6.45) is 0.721. The first-order valence-corrected chi connectivity index (χ1v) is 5.15.